The van der Waals surface area contributed by atoms with Gasteiger partial charge in [-0.15, -0.1) is 0 Å². The first-order valence-corrected chi connectivity index (χ1v) is 8.11. The van der Waals surface area contributed by atoms with E-state index in [1.165, 1.54) is 6.20 Å². The fraction of sp³-hybridized carbons (Fsp3) is 0.105. The molecule has 7 nitrogen and oxygen atoms in total. The van der Waals surface area contributed by atoms with Crippen LogP contribution in [0.2, 0.25) is 0 Å². The minimum absolute atomic E-state index is 0.336. The molecule has 0 spiro atoms. The second-order valence-electron chi connectivity index (χ2n) is 5.39. The Kier molecular flexibility index (Phi) is 5.28. The number of carbonyl (C=O) groups excluding carboxylic acids is 2. The molecule has 0 aliphatic rings. The van der Waals surface area contributed by atoms with Gasteiger partial charge in [-0.25, -0.2) is 0 Å². The van der Waals surface area contributed by atoms with Crippen LogP contribution in [0.25, 0.3) is 11.3 Å². The van der Waals surface area contributed by atoms with E-state index < -0.39 is 11.8 Å². The quantitative estimate of drug-likeness (QED) is 0.616. The van der Waals surface area contributed by atoms with Crippen molar-refractivity contribution >= 4 is 11.8 Å². The van der Waals surface area contributed by atoms with Crippen molar-refractivity contribution in [2.45, 2.75) is 6.92 Å². The van der Waals surface area contributed by atoms with Crippen LogP contribution in [-0.4, -0.2) is 28.6 Å². The number of nitrogens with one attached hydrogen (secondary N) is 3. The lowest BCUT2D eigenvalue weighted by molar-refractivity contribution is 0.0847. The molecule has 0 bridgehead atoms. The Balaban J connectivity index is 1.64. The topological polar surface area (TPSA) is 96.1 Å². The molecule has 0 aliphatic carbocycles. The zero-order chi connectivity index (χ0) is 18.4. The summed E-state index contributed by atoms with van der Waals surface area (Å²) in [6.07, 6.45) is 1.42. The van der Waals surface area contributed by atoms with Gasteiger partial charge in [0, 0.05) is 11.1 Å². The van der Waals surface area contributed by atoms with E-state index in [4.69, 9.17) is 4.74 Å². The van der Waals surface area contributed by atoms with E-state index in [9.17, 15) is 9.59 Å². The predicted molar refractivity (Wildman–Crippen MR) is 96.6 cm³/mol. The van der Waals surface area contributed by atoms with Crippen LogP contribution in [0.5, 0.6) is 5.75 Å². The molecule has 0 saturated heterocycles. The standard InChI is InChI=1S/C19H18N4O3/c1-2-26-15-10-8-14(9-11-15)18(24)22-23-19(25)16-12-20-21-17(16)13-6-4-3-5-7-13/h3-12H,2H2,1H3,(H,20,21)(H,22,24)(H,23,25). The SMILES string of the molecule is CCOc1ccc(C(=O)NNC(=O)c2cn[nH]c2-c2ccccc2)cc1. The Morgan fingerprint density at radius 2 is 1.69 bits per heavy atom. The average Bonchev–Trinajstić information content (AvgIpc) is 3.17. The van der Waals surface area contributed by atoms with Crippen molar-refractivity contribution in [1.29, 1.82) is 0 Å². The van der Waals surface area contributed by atoms with E-state index in [1.807, 2.05) is 37.3 Å². The summed E-state index contributed by atoms with van der Waals surface area (Å²) in [5, 5.41) is 6.72. The maximum Gasteiger partial charge on any atom is 0.273 e. The smallest absolute Gasteiger partial charge is 0.273 e. The predicted octanol–water partition coefficient (Wildman–Crippen LogP) is 2.55. The Bertz CT molecular complexity index is 889. The summed E-state index contributed by atoms with van der Waals surface area (Å²) in [4.78, 5) is 24.5. The normalized spacial score (nSPS) is 10.2. The maximum atomic E-state index is 12.4. The Labute approximate surface area is 150 Å². The van der Waals surface area contributed by atoms with Crippen LogP contribution in [-0.2, 0) is 0 Å². The highest BCUT2D eigenvalue weighted by Crippen LogP contribution is 2.20. The van der Waals surface area contributed by atoms with Gasteiger partial charge in [0.25, 0.3) is 11.8 Å². The molecule has 1 heterocycles. The Morgan fingerprint density at radius 1 is 1.00 bits per heavy atom. The van der Waals surface area contributed by atoms with Crippen molar-refractivity contribution in [3.8, 4) is 17.0 Å². The van der Waals surface area contributed by atoms with Crippen molar-refractivity contribution in [2.75, 3.05) is 6.61 Å². The number of aromatic amines is 1. The van der Waals surface area contributed by atoms with Crippen LogP contribution < -0.4 is 15.6 Å². The second kappa shape index (κ2) is 7.98. The Hall–Kier alpha value is -3.61. The lowest BCUT2D eigenvalue weighted by Gasteiger charge is -2.08. The molecule has 3 rings (SSSR count). The number of ether oxygens (including phenoxy) is 1. The summed E-state index contributed by atoms with van der Waals surface area (Å²) in [5.74, 6) is -0.206. The highest BCUT2D eigenvalue weighted by Gasteiger charge is 2.16. The van der Waals surface area contributed by atoms with Crippen LogP contribution in [0.15, 0.2) is 60.8 Å². The molecule has 1 aromatic heterocycles. The molecule has 0 fully saturated rings. The van der Waals surface area contributed by atoms with Crippen molar-refractivity contribution in [1.82, 2.24) is 21.0 Å². The van der Waals surface area contributed by atoms with Crippen molar-refractivity contribution in [2.24, 2.45) is 0 Å². The van der Waals surface area contributed by atoms with E-state index in [1.54, 1.807) is 24.3 Å². The van der Waals surface area contributed by atoms with Gasteiger partial charge in [-0.05, 0) is 31.2 Å². The maximum absolute atomic E-state index is 12.4. The lowest BCUT2D eigenvalue weighted by Crippen LogP contribution is -2.41. The molecule has 3 aromatic rings. The fourth-order valence-corrected chi connectivity index (χ4v) is 2.41. The summed E-state index contributed by atoms with van der Waals surface area (Å²) in [7, 11) is 0. The average molecular weight is 350 g/mol. The van der Waals surface area contributed by atoms with E-state index in [0.717, 1.165) is 5.56 Å². The van der Waals surface area contributed by atoms with Gasteiger partial charge < -0.3 is 4.74 Å². The van der Waals surface area contributed by atoms with Gasteiger partial charge in [-0.1, -0.05) is 30.3 Å². The highest BCUT2D eigenvalue weighted by atomic mass is 16.5. The molecule has 2 amide bonds. The van der Waals surface area contributed by atoms with Crippen molar-refractivity contribution in [3.63, 3.8) is 0 Å². The van der Waals surface area contributed by atoms with E-state index in [-0.39, 0.29) is 0 Å². The van der Waals surface area contributed by atoms with Gasteiger partial charge in [-0.2, -0.15) is 5.10 Å². The molecule has 0 unspecified atom stereocenters. The molecule has 0 aliphatic heterocycles. The third-order valence-electron chi connectivity index (χ3n) is 3.66. The number of hydrazine groups is 1. The number of carbonyl (C=O) groups is 2. The first-order valence-electron chi connectivity index (χ1n) is 8.11. The van der Waals surface area contributed by atoms with Crippen LogP contribution in [0, 0.1) is 0 Å². The molecule has 2 aromatic carbocycles. The molecule has 3 N–H and O–H groups in total. The molecule has 0 atom stereocenters. The van der Waals surface area contributed by atoms with Gasteiger partial charge in [0.05, 0.1) is 24.1 Å². The molecule has 7 heteroatoms. The van der Waals surface area contributed by atoms with Crippen molar-refractivity contribution in [3.05, 3.63) is 71.9 Å². The minimum Gasteiger partial charge on any atom is -0.494 e. The number of H-pyrrole nitrogens is 1. The van der Waals surface area contributed by atoms with E-state index in [0.29, 0.717) is 29.2 Å². The number of hydrogen-bond donors (Lipinski definition) is 3. The van der Waals surface area contributed by atoms with Gasteiger partial charge in [0.1, 0.15) is 5.75 Å². The molecule has 0 saturated carbocycles. The Morgan fingerprint density at radius 3 is 2.38 bits per heavy atom. The van der Waals surface area contributed by atoms with Gasteiger partial charge in [-0.3, -0.25) is 25.5 Å². The van der Waals surface area contributed by atoms with Crippen LogP contribution in [0.4, 0.5) is 0 Å². The molecule has 132 valence electrons. The number of hydrogen-bond acceptors (Lipinski definition) is 4. The van der Waals surface area contributed by atoms with Crippen LogP contribution in [0.1, 0.15) is 27.6 Å². The third kappa shape index (κ3) is 3.89. The second-order valence-corrected chi connectivity index (χ2v) is 5.39. The largest absolute Gasteiger partial charge is 0.494 e. The molecular formula is C19H18N4O3. The number of aromatic nitrogens is 2. The number of benzene rings is 2. The zero-order valence-corrected chi connectivity index (χ0v) is 14.2. The van der Waals surface area contributed by atoms with Gasteiger partial charge in [0.2, 0.25) is 0 Å². The lowest BCUT2D eigenvalue weighted by atomic mass is 10.1. The van der Waals surface area contributed by atoms with Crippen LogP contribution in [0.3, 0.4) is 0 Å². The molecule has 0 radical (unpaired) electrons. The summed E-state index contributed by atoms with van der Waals surface area (Å²) in [6, 6.07) is 16.0. The first-order chi connectivity index (χ1) is 12.7. The summed E-state index contributed by atoms with van der Waals surface area (Å²) < 4.78 is 5.33. The first kappa shape index (κ1) is 17.2. The summed E-state index contributed by atoms with van der Waals surface area (Å²) >= 11 is 0. The minimum atomic E-state index is -0.461. The molecule has 26 heavy (non-hydrogen) atoms. The van der Waals surface area contributed by atoms with Crippen molar-refractivity contribution < 1.29 is 14.3 Å². The summed E-state index contributed by atoms with van der Waals surface area (Å²) in [5.41, 5.74) is 6.95. The highest BCUT2D eigenvalue weighted by molar-refractivity contribution is 6.02. The van der Waals surface area contributed by atoms with E-state index >= 15 is 0 Å². The van der Waals surface area contributed by atoms with Gasteiger partial charge >= 0.3 is 0 Å². The fourth-order valence-electron chi connectivity index (χ4n) is 2.41. The zero-order valence-electron chi connectivity index (χ0n) is 14.2. The van der Waals surface area contributed by atoms with E-state index in [2.05, 4.69) is 21.0 Å². The van der Waals surface area contributed by atoms with Gasteiger partial charge in [0.15, 0.2) is 0 Å². The number of amides is 2. The third-order valence-corrected chi connectivity index (χ3v) is 3.66. The number of nitrogens with zero attached hydrogens (tertiary/aromatic N) is 1. The monoisotopic (exact) mass is 350 g/mol. The van der Waals surface area contributed by atoms with Crippen LogP contribution >= 0.6 is 0 Å². The number of rotatable bonds is 5. The molecular weight excluding hydrogens is 332 g/mol. The summed E-state index contributed by atoms with van der Waals surface area (Å²) in [6.45, 7) is 2.44.